The lowest BCUT2D eigenvalue weighted by Crippen LogP contribution is -2.40. The summed E-state index contributed by atoms with van der Waals surface area (Å²) in [4.78, 5) is 12.6. The molecule has 1 atom stereocenters. The van der Waals surface area contributed by atoms with Crippen molar-refractivity contribution in [1.82, 2.24) is 0 Å². The van der Waals surface area contributed by atoms with Gasteiger partial charge in [-0.3, -0.25) is 0 Å². The zero-order valence-corrected chi connectivity index (χ0v) is 16.8. The Labute approximate surface area is 166 Å². The van der Waals surface area contributed by atoms with Gasteiger partial charge in [0.25, 0.3) is 5.85 Å². The summed E-state index contributed by atoms with van der Waals surface area (Å²) in [5.41, 5.74) is 0.541. The molecule has 1 aliphatic heterocycles. The summed E-state index contributed by atoms with van der Waals surface area (Å²) in [7, 11) is -0.760. The molecule has 3 nitrogen and oxygen atoms in total. The van der Waals surface area contributed by atoms with Crippen LogP contribution in [0.25, 0.3) is 0 Å². The molecule has 4 rings (SSSR count). The van der Waals surface area contributed by atoms with Gasteiger partial charge in [0.1, 0.15) is 15.9 Å². The van der Waals surface area contributed by atoms with E-state index in [-0.39, 0.29) is 5.97 Å². The van der Waals surface area contributed by atoms with Crippen LogP contribution in [0.5, 0.6) is 0 Å². The third-order valence-electron chi connectivity index (χ3n) is 5.18. The largest absolute Gasteiger partial charge is 0.493 e. The molecule has 4 heteroatoms. The van der Waals surface area contributed by atoms with E-state index in [2.05, 4.69) is 36.4 Å². The summed E-state index contributed by atoms with van der Waals surface area (Å²) < 4.78 is 11.8. The SMILES string of the molecule is COC1=C(C)C(=O)OC1[P+](c1ccccc1)(c1ccccc1)c1ccccc1. The van der Waals surface area contributed by atoms with Gasteiger partial charge >= 0.3 is 5.97 Å². The lowest BCUT2D eigenvalue weighted by Gasteiger charge is -2.32. The van der Waals surface area contributed by atoms with Gasteiger partial charge < -0.3 is 9.47 Å². The molecule has 0 saturated carbocycles. The average Bonchev–Trinajstić information content (AvgIpc) is 3.05. The molecule has 1 heterocycles. The van der Waals surface area contributed by atoms with E-state index in [1.54, 1.807) is 14.0 Å². The molecule has 0 N–H and O–H groups in total. The second-order valence-electron chi connectivity index (χ2n) is 6.68. The number of carbonyl (C=O) groups is 1. The summed E-state index contributed by atoms with van der Waals surface area (Å²) in [6.45, 7) is 1.77. The molecule has 0 amide bonds. The van der Waals surface area contributed by atoms with E-state index in [9.17, 15) is 4.79 Å². The van der Waals surface area contributed by atoms with E-state index in [0.717, 1.165) is 15.9 Å². The Bertz CT molecular complexity index is 901. The normalized spacial score (nSPS) is 16.8. The number of esters is 1. The van der Waals surface area contributed by atoms with Crippen molar-refractivity contribution in [2.75, 3.05) is 7.11 Å². The molecule has 1 unspecified atom stereocenters. The lowest BCUT2D eigenvalue weighted by atomic mass is 10.3. The number of benzene rings is 3. The fourth-order valence-electron chi connectivity index (χ4n) is 3.88. The fraction of sp³-hybridized carbons (Fsp3) is 0.125. The van der Waals surface area contributed by atoms with Gasteiger partial charge in [0.15, 0.2) is 13.0 Å². The molecule has 28 heavy (non-hydrogen) atoms. The minimum absolute atomic E-state index is 0.311. The molecule has 3 aromatic carbocycles. The van der Waals surface area contributed by atoms with E-state index in [1.807, 2.05) is 54.6 Å². The summed E-state index contributed by atoms with van der Waals surface area (Å²) in [5.74, 6) is -0.180. The van der Waals surface area contributed by atoms with Crippen molar-refractivity contribution >= 4 is 29.1 Å². The Kier molecular flexibility index (Phi) is 5.02. The van der Waals surface area contributed by atoms with E-state index < -0.39 is 13.1 Å². The summed E-state index contributed by atoms with van der Waals surface area (Å²) in [5, 5.41) is 3.44. The van der Waals surface area contributed by atoms with Crippen molar-refractivity contribution in [3.05, 3.63) is 102 Å². The Morgan fingerprint density at radius 2 is 1.14 bits per heavy atom. The van der Waals surface area contributed by atoms with Crippen molar-refractivity contribution in [2.45, 2.75) is 12.8 Å². The number of methoxy groups -OCH3 is 1. The Balaban J connectivity index is 2.10. The topological polar surface area (TPSA) is 35.5 Å². The number of cyclic esters (lactones) is 1. The van der Waals surface area contributed by atoms with Gasteiger partial charge in [0, 0.05) is 0 Å². The third-order valence-corrected chi connectivity index (χ3v) is 9.56. The van der Waals surface area contributed by atoms with Crippen molar-refractivity contribution in [3.63, 3.8) is 0 Å². The van der Waals surface area contributed by atoms with Gasteiger partial charge in [-0.15, -0.1) is 0 Å². The first-order valence-corrected chi connectivity index (χ1v) is 11.1. The van der Waals surface area contributed by atoms with Gasteiger partial charge in [0.2, 0.25) is 0 Å². The molecule has 0 fully saturated rings. The van der Waals surface area contributed by atoms with Crippen LogP contribution in [-0.2, 0) is 14.3 Å². The van der Waals surface area contributed by atoms with Crippen molar-refractivity contribution in [1.29, 1.82) is 0 Å². The molecule has 3 aromatic rings. The zero-order chi connectivity index (χ0) is 19.6. The van der Waals surface area contributed by atoms with Gasteiger partial charge in [-0.1, -0.05) is 54.6 Å². The smallest absolute Gasteiger partial charge is 0.341 e. The van der Waals surface area contributed by atoms with Crippen LogP contribution in [-0.4, -0.2) is 18.9 Å². The Morgan fingerprint density at radius 1 is 0.750 bits per heavy atom. The average molecular weight is 389 g/mol. The zero-order valence-electron chi connectivity index (χ0n) is 15.9. The van der Waals surface area contributed by atoms with Crippen LogP contribution in [0.15, 0.2) is 102 Å². The minimum Gasteiger partial charge on any atom is -0.493 e. The van der Waals surface area contributed by atoms with Crippen molar-refractivity contribution in [3.8, 4) is 0 Å². The highest BCUT2D eigenvalue weighted by molar-refractivity contribution is 7.96. The first-order valence-electron chi connectivity index (χ1n) is 9.21. The number of carbonyl (C=O) groups excluding carboxylic acids is 1. The maximum atomic E-state index is 12.6. The molecular formula is C24H22O3P+. The Hall–Kier alpha value is -2.90. The van der Waals surface area contributed by atoms with Crippen LogP contribution < -0.4 is 15.9 Å². The van der Waals surface area contributed by atoms with E-state index in [1.165, 1.54) is 0 Å². The molecule has 0 radical (unpaired) electrons. The Morgan fingerprint density at radius 3 is 1.50 bits per heavy atom. The van der Waals surface area contributed by atoms with Gasteiger partial charge in [-0.05, 0) is 43.3 Å². The molecular weight excluding hydrogens is 367 g/mol. The number of hydrogen-bond donors (Lipinski definition) is 0. The molecule has 0 aromatic heterocycles. The highest BCUT2D eigenvalue weighted by Gasteiger charge is 2.60. The third kappa shape index (κ3) is 2.83. The van der Waals surface area contributed by atoms with Crippen LogP contribution in [0, 0.1) is 0 Å². The molecule has 0 spiro atoms. The molecule has 0 bridgehead atoms. The minimum atomic E-state index is -2.37. The second kappa shape index (κ2) is 7.61. The second-order valence-corrected chi connectivity index (χ2v) is 10.1. The number of rotatable bonds is 5. The quantitative estimate of drug-likeness (QED) is 0.492. The maximum Gasteiger partial charge on any atom is 0.341 e. The van der Waals surface area contributed by atoms with Gasteiger partial charge in [-0.25, -0.2) is 4.79 Å². The standard InChI is InChI=1S/C24H22O3P/c1-18-22(26-2)24(27-23(18)25)28(19-12-6-3-7-13-19,20-14-8-4-9-15-20)21-16-10-5-11-17-21/h3-17,24H,1-2H3/q+1. The highest BCUT2D eigenvalue weighted by atomic mass is 31.2. The van der Waals surface area contributed by atoms with Crippen molar-refractivity contribution in [2.24, 2.45) is 0 Å². The molecule has 140 valence electrons. The summed E-state index contributed by atoms with van der Waals surface area (Å²) in [6, 6.07) is 31.0. The first kappa shape index (κ1) is 18.5. The fourth-order valence-corrected chi connectivity index (χ4v) is 8.42. The van der Waals surface area contributed by atoms with Crippen LogP contribution in [0.1, 0.15) is 6.92 Å². The molecule has 0 aliphatic carbocycles. The number of hydrogen-bond acceptors (Lipinski definition) is 3. The number of ether oxygens (including phenoxy) is 2. The van der Waals surface area contributed by atoms with Crippen LogP contribution >= 0.6 is 7.26 Å². The molecule has 1 aliphatic rings. The van der Waals surface area contributed by atoms with Crippen LogP contribution in [0.3, 0.4) is 0 Å². The predicted octanol–water partition coefficient (Wildman–Crippen LogP) is 3.78. The summed E-state index contributed by atoms with van der Waals surface area (Å²) in [6.07, 6.45) is 0. The predicted molar refractivity (Wildman–Crippen MR) is 115 cm³/mol. The van der Waals surface area contributed by atoms with Crippen LogP contribution in [0.2, 0.25) is 0 Å². The van der Waals surface area contributed by atoms with Crippen molar-refractivity contribution < 1.29 is 14.3 Å². The van der Waals surface area contributed by atoms with E-state index >= 15 is 0 Å². The van der Waals surface area contributed by atoms with E-state index in [4.69, 9.17) is 9.47 Å². The van der Waals surface area contributed by atoms with E-state index in [0.29, 0.717) is 11.3 Å². The molecule has 0 saturated heterocycles. The van der Waals surface area contributed by atoms with Gasteiger partial charge in [0.05, 0.1) is 12.7 Å². The lowest BCUT2D eigenvalue weighted by molar-refractivity contribution is -0.137. The maximum absolute atomic E-state index is 12.6. The summed E-state index contributed by atoms with van der Waals surface area (Å²) >= 11 is 0. The highest BCUT2D eigenvalue weighted by Crippen LogP contribution is 2.63. The van der Waals surface area contributed by atoms with Crippen LogP contribution in [0.4, 0.5) is 0 Å². The first-order chi connectivity index (χ1) is 13.7. The monoisotopic (exact) mass is 389 g/mol. The van der Waals surface area contributed by atoms with Gasteiger partial charge in [-0.2, -0.15) is 0 Å².